The van der Waals surface area contributed by atoms with Gasteiger partial charge in [-0.1, -0.05) is 6.92 Å². The maximum atomic E-state index is 12.0. The summed E-state index contributed by atoms with van der Waals surface area (Å²) in [5, 5.41) is 9.45. The first kappa shape index (κ1) is 20.0. The summed E-state index contributed by atoms with van der Waals surface area (Å²) < 4.78 is 18.7. The molecule has 0 spiro atoms. The number of carbonyl (C=O) groups is 2. The third kappa shape index (κ3) is 3.08. The van der Waals surface area contributed by atoms with Gasteiger partial charge in [0.05, 0.1) is 11.1 Å². The van der Waals surface area contributed by atoms with E-state index in [2.05, 4.69) is 25.9 Å². The molecule has 0 aromatic heterocycles. The molecule has 10 nitrogen and oxygen atoms in total. The lowest BCUT2D eigenvalue weighted by molar-refractivity contribution is -0.196. The van der Waals surface area contributed by atoms with Gasteiger partial charge < -0.3 is 19.9 Å². The summed E-state index contributed by atoms with van der Waals surface area (Å²) in [6, 6.07) is 2.03. The molecule has 3 atom stereocenters. The number of hydrogen-bond donors (Lipinski definition) is 1. The summed E-state index contributed by atoms with van der Waals surface area (Å²) in [7, 11) is 0. The average Bonchev–Trinajstić information content (AvgIpc) is 3.13. The Bertz CT molecular complexity index is 954. The molecule has 1 fully saturated rings. The monoisotopic (exact) mass is 451 g/mol. The van der Waals surface area contributed by atoms with Crippen molar-refractivity contribution in [3.05, 3.63) is 16.5 Å². The van der Waals surface area contributed by atoms with Crippen LogP contribution in [0.25, 0.3) is 11.4 Å². The van der Waals surface area contributed by atoms with Gasteiger partial charge in [0, 0.05) is 13.8 Å². The number of fused-ring (bicyclic) bond motifs is 1. The molecule has 3 heterocycles. The molecule has 0 aromatic carbocycles. The number of ether oxygens (including phenoxy) is 3. The summed E-state index contributed by atoms with van der Waals surface area (Å²) >= 11 is 3.24. The molecule has 11 heteroatoms. The van der Waals surface area contributed by atoms with Crippen LogP contribution in [-0.4, -0.2) is 45.3 Å². The highest BCUT2D eigenvalue weighted by Crippen LogP contribution is 2.43. The third-order valence-corrected chi connectivity index (χ3v) is 5.08. The van der Waals surface area contributed by atoms with E-state index in [0.717, 1.165) is 0 Å². The number of nitrogens with two attached hydrogens (primary N) is 1. The Morgan fingerprint density at radius 3 is 2.79 bits per heavy atom. The van der Waals surface area contributed by atoms with Crippen molar-refractivity contribution in [2.75, 3.05) is 12.3 Å². The zero-order valence-electron chi connectivity index (χ0n) is 15.4. The van der Waals surface area contributed by atoms with Gasteiger partial charge >= 0.3 is 11.9 Å². The van der Waals surface area contributed by atoms with E-state index in [-0.39, 0.29) is 28.4 Å². The number of nitrogen functional groups attached to an aromatic ring is 1. The maximum Gasteiger partial charge on any atom is 0.304 e. The van der Waals surface area contributed by atoms with E-state index in [1.54, 1.807) is 0 Å². The molecule has 28 heavy (non-hydrogen) atoms. The maximum absolute atomic E-state index is 12.0. The van der Waals surface area contributed by atoms with E-state index >= 15 is 0 Å². The molecule has 3 rings (SSSR count). The van der Waals surface area contributed by atoms with Crippen LogP contribution < -0.4 is 5.73 Å². The lowest BCUT2D eigenvalue weighted by Gasteiger charge is -2.36. The molecule has 0 radical (unpaired) electrons. The number of esters is 2. The van der Waals surface area contributed by atoms with Crippen LogP contribution in [0.1, 0.15) is 32.8 Å². The fraction of sp³-hybridized carbons (Fsp3) is 0.471. The molecular formula is C17H18BrN5O5. The predicted molar refractivity (Wildman–Crippen MR) is 98.8 cm³/mol. The second-order valence-corrected chi connectivity index (χ2v) is 7.07. The smallest absolute Gasteiger partial charge is 0.304 e. The minimum atomic E-state index is -1.55. The highest BCUT2D eigenvalue weighted by molar-refractivity contribution is 9.10. The van der Waals surface area contributed by atoms with Crippen LogP contribution in [0.3, 0.4) is 0 Å². The Balaban J connectivity index is 2.28. The highest BCUT2D eigenvalue weighted by Gasteiger charge is 2.57. The van der Waals surface area contributed by atoms with Gasteiger partial charge in [0.15, 0.2) is 11.9 Å². The normalized spacial score (nSPS) is 24.1. The zero-order chi connectivity index (χ0) is 20.6. The van der Waals surface area contributed by atoms with E-state index in [9.17, 15) is 14.9 Å². The van der Waals surface area contributed by atoms with Gasteiger partial charge in [0.2, 0.25) is 0 Å². The van der Waals surface area contributed by atoms with Crippen LogP contribution in [0.15, 0.2) is 10.9 Å². The van der Waals surface area contributed by atoms with Crippen molar-refractivity contribution in [1.29, 1.82) is 5.26 Å². The first-order chi connectivity index (χ1) is 13.2. The molecule has 0 aliphatic carbocycles. The lowest BCUT2D eigenvalue weighted by Crippen LogP contribution is -2.52. The molecule has 2 N–H and O–H groups in total. The summed E-state index contributed by atoms with van der Waals surface area (Å²) in [4.78, 5) is 32.2. The summed E-state index contributed by atoms with van der Waals surface area (Å²) in [6.45, 7) is 4.26. The van der Waals surface area contributed by atoms with E-state index in [1.165, 1.54) is 24.7 Å². The van der Waals surface area contributed by atoms with Crippen molar-refractivity contribution < 1.29 is 23.8 Å². The molecule has 3 aliphatic rings. The van der Waals surface area contributed by atoms with Gasteiger partial charge in [0.25, 0.3) is 5.72 Å². The number of carbonyl (C=O) groups excluding carboxylic acids is 2. The molecule has 3 aliphatic heterocycles. The Kier molecular flexibility index (Phi) is 5.27. The van der Waals surface area contributed by atoms with Crippen LogP contribution in [0.4, 0.5) is 5.82 Å². The number of rotatable bonds is 4. The van der Waals surface area contributed by atoms with Crippen molar-refractivity contribution in [3.63, 3.8) is 0 Å². The van der Waals surface area contributed by atoms with Gasteiger partial charge in [-0.3, -0.25) is 14.2 Å². The minimum absolute atomic E-state index is 0.0916. The second-order valence-electron chi connectivity index (χ2n) is 6.31. The molecular weight excluding hydrogens is 434 g/mol. The summed E-state index contributed by atoms with van der Waals surface area (Å²) in [5.74, 6) is -0.829. The van der Waals surface area contributed by atoms with Crippen LogP contribution in [0, 0.1) is 11.3 Å². The Morgan fingerprint density at radius 1 is 1.50 bits per heavy atom. The minimum Gasteiger partial charge on any atom is -0.453 e. The van der Waals surface area contributed by atoms with Gasteiger partial charge in [-0.15, -0.1) is 0 Å². The van der Waals surface area contributed by atoms with E-state index in [4.69, 9.17) is 19.9 Å². The number of halogens is 1. The molecule has 1 unspecified atom stereocenters. The summed E-state index contributed by atoms with van der Waals surface area (Å²) in [5.41, 5.74) is 4.91. The van der Waals surface area contributed by atoms with Crippen LogP contribution in [0.5, 0.6) is 0 Å². The van der Waals surface area contributed by atoms with Crippen molar-refractivity contribution in [2.24, 2.45) is 0 Å². The van der Waals surface area contributed by atoms with Crippen molar-refractivity contribution >= 4 is 33.7 Å². The second kappa shape index (κ2) is 7.37. The van der Waals surface area contributed by atoms with Crippen molar-refractivity contribution in [2.45, 2.75) is 45.1 Å². The van der Waals surface area contributed by atoms with Crippen LogP contribution in [-0.2, 0) is 29.5 Å². The number of hydrogen-bond acceptors (Lipinski definition) is 9. The predicted octanol–water partition coefficient (Wildman–Crippen LogP) is 1.56. The molecule has 0 aromatic rings. The lowest BCUT2D eigenvalue weighted by atomic mass is 10.0. The molecule has 0 saturated carbocycles. The van der Waals surface area contributed by atoms with Gasteiger partial charge in [0.1, 0.15) is 35.5 Å². The third-order valence-electron chi connectivity index (χ3n) is 4.50. The Morgan fingerprint density at radius 2 is 2.21 bits per heavy atom. The first-order valence-electron chi connectivity index (χ1n) is 8.46. The fourth-order valence-electron chi connectivity index (χ4n) is 3.41. The summed E-state index contributed by atoms with van der Waals surface area (Å²) in [6.07, 6.45) is 0.379. The Hall–Kier alpha value is -2.71. The number of aromatic nitrogens is 3. The SMILES string of the molecule is CC[C@@H]1OC[C@@](OC(C)=O)(n2cnc(N)c3c(C#N)c(Br)nc2-3)C1OC(C)=O. The fourth-order valence-corrected chi connectivity index (χ4v) is 3.87. The average molecular weight is 452 g/mol. The van der Waals surface area contributed by atoms with Gasteiger partial charge in [-0.05, 0) is 22.4 Å². The van der Waals surface area contributed by atoms with Gasteiger partial charge in [-0.25, -0.2) is 9.97 Å². The van der Waals surface area contributed by atoms with Crippen molar-refractivity contribution in [3.8, 4) is 17.5 Å². The topological polar surface area (TPSA) is 142 Å². The van der Waals surface area contributed by atoms with Crippen LogP contribution in [0.2, 0.25) is 0 Å². The number of nitriles is 1. The van der Waals surface area contributed by atoms with E-state index < -0.39 is 29.9 Å². The van der Waals surface area contributed by atoms with Gasteiger partial charge in [-0.2, -0.15) is 5.26 Å². The number of anilines is 1. The largest absolute Gasteiger partial charge is 0.453 e. The highest BCUT2D eigenvalue weighted by atomic mass is 79.9. The molecule has 0 bridgehead atoms. The Labute approximate surface area is 169 Å². The van der Waals surface area contributed by atoms with Crippen molar-refractivity contribution in [1.82, 2.24) is 14.5 Å². The van der Waals surface area contributed by atoms with Crippen LogP contribution >= 0.6 is 15.9 Å². The van der Waals surface area contributed by atoms with E-state index in [0.29, 0.717) is 12.0 Å². The molecule has 0 amide bonds. The first-order valence-corrected chi connectivity index (χ1v) is 9.25. The molecule has 1 saturated heterocycles. The van der Waals surface area contributed by atoms with E-state index in [1.807, 2.05) is 13.0 Å². The number of nitrogens with zero attached hydrogens (tertiary/aromatic N) is 4. The molecule has 148 valence electrons. The quantitative estimate of drug-likeness (QED) is 0.684. The zero-order valence-corrected chi connectivity index (χ0v) is 17.0. The standard InChI is InChI=1S/C17H18BrN5O5/c1-4-11-13(27-8(2)24)17(6-26-11,28-9(3)25)23-7-21-15(20)12-10(5-19)14(18)22-16(12)23/h7,11,13H,4,6,20H2,1-3H3/t11-,13?,17-/m0/s1.